The van der Waals surface area contributed by atoms with Gasteiger partial charge < -0.3 is 15.6 Å². The number of aliphatic hydroxyl groups is 1. The summed E-state index contributed by atoms with van der Waals surface area (Å²) in [6.45, 7) is 0. The smallest absolute Gasteiger partial charge is 0.143 e. The molecule has 3 N–H and O–H groups in total. The van der Waals surface area contributed by atoms with Crippen LogP contribution in [0.5, 0.6) is 5.75 Å². The van der Waals surface area contributed by atoms with Gasteiger partial charge >= 0.3 is 0 Å². The maximum absolute atomic E-state index is 10.4. The highest BCUT2D eigenvalue weighted by molar-refractivity contribution is 9.10. The van der Waals surface area contributed by atoms with Crippen molar-refractivity contribution in [3.63, 3.8) is 0 Å². The molecule has 0 aliphatic carbocycles. The summed E-state index contributed by atoms with van der Waals surface area (Å²) in [6, 6.07) is 8.83. The van der Waals surface area contributed by atoms with Gasteiger partial charge in [0.1, 0.15) is 17.5 Å². The van der Waals surface area contributed by atoms with Gasteiger partial charge in [-0.15, -0.1) is 0 Å². The first-order chi connectivity index (χ1) is 8.63. The molecular formula is C13H13BrN2O2. The molecule has 1 aromatic carbocycles. The van der Waals surface area contributed by atoms with Gasteiger partial charge in [0.2, 0.25) is 0 Å². The van der Waals surface area contributed by atoms with Gasteiger partial charge in [0.15, 0.2) is 0 Å². The molecule has 0 radical (unpaired) electrons. The van der Waals surface area contributed by atoms with E-state index in [1.54, 1.807) is 30.5 Å². The van der Waals surface area contributed by atoms with Crippen LogP contribution in [0.4, 0.5) is 5.69 Å². The minimum absolute atomic E-state index is 0.449. The molecule has 1 aromatic heterocycles. The minimum Gasteiger partial charge on any atom is -0.495 e. The van der Waals surface area contributed by atoms with Crippen LogP contribution in [-0.2, 0) is 0 Å². The van der Waals surface area contributed by atoms with Crippen LogP contribution in [-0.4, -0.2) is 17.2 Å². The normalized spacial score (nSPS) is 12.2. The van der Waals surface area contributed by atoms with E-state index in [2.05, 4.69) is 20.9 Å². The summed E-state index contributed by atoms with van der Waals surface area (Å²) in [5, 5.41) is 10.4. The Morgan fingerprint density at radius 1 is 1.39 bits per heavy atom. The fourth-order valence-corrected chi connectivity index (χ4v) is 2.09. The number of anilines is 1. The van der Waals surface area contributed by atoms with E-state index in [-0.39, 0.29) is 0 Å². The number of rotatable bonds is 3. The van der Waals surface area contributed by atoms with Crippen LogP contribution < -0.4 is 10.5 Å². The molecule has 4 nitrogen and oxygen atoms in total. The van der Waals surface area contributed by atoms with Gasteiger partial charge in [-0.1, -0.05) is 15.9 Å². The first-order valence-electron chi connectivity index (χ1n) is 5.35. The molecule has 0 bridgehead atoms. The number of pyridine rings is 1. The predicted molar refractivity (Wildman–Crippen MR) is 73.4 cm³/mol. The number of nitrogen functional groups attached to an aromatic ring is 1. The van der Waals surface area contributed by atoms with Crippen molar-refractivity contribution in [2.45, 2.75) is 6.10 Å². The molecule has 94 valence electrons. The highest BCUT2D eigenvalue weighted by Gasteiger charge is 2.19. The van der Waals surface area contributed by atoms with Crippen molar-refractivity contribution >= 4 is 21.6 Å². The van der Waals surface area contributed by atoms with E-state index in [1.165, 1.54) is 7.11 Å². The summed E-state index contributed by atoms with van der Waals surface area (Å²) in [5.74, 6) is 0.532. The van der Waals surface area contributed by atoms with Crippen LogP contribution in [0.15, 0.2) is 41.0 Å². The Morgan fingerprint density at radius 2 is 2.17 bits per heavy atom. The SMILES string of the molecule is COc1cccnc1C(O)c1cc(Br)ccc1N. The summed E-state index contributed by atoms with van der Waals surface area (Å²) < 4.78 is 6.03. The van der Waals surface area contributed by atoms with E-state index >= 15 is 0 Å². The second kappa shape index (κ2) is 5.37. The molecule has 2 rings (SSSR count). The molecule has 0 saturated heterocycles. The van der Waals surface area contributed by atoms with Crippen molar-refractivity contribution in [2.24, 2.45) is 0 Å². The van der Waals surface area contributed by atoms with Crippen molar-refractivity contribution in [2.75, 3.05) is 12.8 Å². The van der Waals surface area contributed by atoms with Gasteiger partial charge in [-0.25, -0.2) is 0 Å². The Labute approximate surface area is 114 Å². The van der Waals surface area contributed by atoms with Crippen molar-refractivity contribution in [1.29, 1.82) is 0 Å². The highest BCUT2D eigenvalue weighted by Crippen LogP contribution is 2.32. The number of methoxy groups -OCH3 is 1. The lowest BCUT2D eigenvalue weighted by Gasteiger charge is -2.15. The molecule has 0 aliphatic heterocycles. The largest absolute Gasteiger partial charge is 0.495 e. The molecule has 0 amide bonds. The topological polar surface area (TPSA) is 68.4 Å². The zero-order chi connectivity index (χ0) is 13.1. The Hall–Kier alpha value is -1.59. The van der Waals surface area contributed by atoms with Crippen LogP contribution in [0.1, 0.15) is 17.4 Å². The second-order valence-corrected chi connectivity index (χ2v) is 4.68. The van der Waals surface area contributed by atoms with E-state index in [1.807, 2.05) is 6.07 Å². The molecule has 2 aromatic rings. The van der Waals surface area contributed by atoms with E-state index in [4.69, 9.17) is 10.5 Å². The number of nitrogens with zero attached hydrogens (tertiary/aromatic N) is 1. The number of halogens is 1. The molecule has 18 heavy (non-hydrogen) atoms. The quantitative estimate of drug-likeness (QED) is 0.855. The standard InChI is InChI=1S/C13H13BrN2O2/c1-18-11-3-2-6-16-12(11)13(17)9-7-8(14)4-5-10(9)15/h2-7,13,17H,15H2,1H3. The van der Waals surface area contributed by atoms with Gasteiger partial charge in [0, 0.05) is 21.9 Å². The van der Waals surface area contributed by atoms with E-state index in [9.17, 15) is 5.11 Å². The summed E-state index contributed by atoms with van der Waals surface area (Å²) in [6.07, 6.45) is 0.688. The number of hydrogen-bond acceptors (Lipinski definition) is 4. The van der Waals surface area contributed by atoms with Crippen LogP contribution >= 0.6 is 15.9 Å². The Kier molecular flexibility index (Phi) is 3.84. The summed E-state index contributed by atoms with van der Waals surface area (Å²) in [7, 11) is 1.54. The molecule has 1 atom stereocenters. The lowest BCUT2D eigenvalue weighted by atomic mass is 10.0. The van der Waals surface area contributed by atoms with Gasteiger partial charge in [-0.2, -0.15) is 0 Å². The van der Waals surface area contributed by atoms with Gasteiger partial charge in [-0.05, 0) is 30.3 Å². The first kappa shape index (κ1) is 12.9. The zero-order valence-corrected chi connectivity index (χ0v) is 11.4. The average molecular weight is 309 g/mol. The number of benzene rings is 1. The Morgan fingerprint density at radius 3 is 2.89 bits per heavy atom. The maximum Gasteiger partial charge on any atom is 0.143 e. The first-order valence-corrected chi connectivity index (χ1v) is 6.14. The number of nitrogens with two attached hydrogens (primary N) is 1. The van der Waals surface area contributed by atoms with Crippen molar-refractivity contribution < 1.29 is 9.84 Å². The van der Waals surface area contributed by atoms with Crippen LogP contribution in [0.3, 0.4) is 0 Å². The summed E-state index contributed by atoms with van der Waals surface area (Å²) in [4.78, 5) is 4.15. The highest BCUT2D eigenvalue weighted by atomic mass is 79.9. The third-order valence-corrected chi connectivity index (χ3v) is 3.12. The molecule has 1 heterocycles. The molecule has 0 aliphatic rings. The van der Waals surface area contributed by atoms with Crippen LogP contribution in [0.2, 0.25) is 0 Å². The predicted octanol–water partition coefficient (Wildman–Crippen LogP) is 2.52. The third kappa shape index (κ3) is 2.47. The number of hydrogen-bond donors (Lipinski definition) is 2. The van der Waals surface area contributed by atoms with Gasteiger partial charge in [-0.3, -0.25) is 4.98 Å². The molecular weight excluding hydrogens is 296 g/mol. The zero-order valence-electron chi connectivity index (χ0n) is 9.80. The second-order valence-electron chi connectivity index (χ2n) is 3.77. The van der Waals surface area contributed by atoms with Crippen molar-refractivity contribution in [1.82, 2.24) is 4.98 Å². The molecule has 0 spiro atoms. The average Bonchev–Trinajstić information content (AvgIpc) is 2.40. The molecule has 5 heteroatoms. The number of ether oxygens (including phenoxy) is 1. The van der Waals surface area contributed by atoms with Gasteiger partial charge in [0.25, 0.3) is 0 Å². The third-order valence-electron chi connectivity index (χ3n) is 2.62. The summed E-state index contributed by atoms with van der Waals surface area (Å²) in [5.41, 5.74) is 7.43. The van der Waals surface area contributed by atoms with E-state index in [0.29, 0.717) is 22.7 Å². The summed E-state index contributed by atoms with van der Waals surface area (Å²) >= 11 is 3.35. The number of aliphatic hydroxyl groups excluding tert-OH is 1. The number of aromatic nitrogens is 1. The van der Waals surface area contributed by atoms with E-state index in [0.717, 1.165) is 4.47 Å². The maximum atomic E-state index is 10.4. The van der Waals surface area contributed by atoms with Crippen molar-refractivity contribution in [3.05, 3.63) is 52.3 Å². The fraction of sp³-hybridized carbons (Fsp3) is 0.154. The van der Waals surface area contributed by atoms with Crippen molar-refractivity contribution in [3.8, 4) is 5.75 Å². The Bertz CT molecular complexity index is 560. The van der Waals surface area contributed by atoms with Gasteiger partial charge in [0.05, 0.1) is 7.11 Å². The monoisotopic (exact) mass is 308 g/mol. The Balaban J connectivity index is 2.47. The molecule has 0 fully saturated rings. The van der Waals surface area contributed by atoms with E-state index < -0.39 is 6.10 Å². The fourth-order valence-electron chi connectivity index (χ4n) is 1.71. The lowest BCUT2D eigenvalue weighted by Crippen LogP contribution is -2.07. The molecule has 1 unspecified atom stereocenters. The van der Waals surface area contributed by atoms with Crippen LogP contribution in [0, 0.1) is 0 Å². The van der Waals surface area contributed by atoms with Crippen LogP contribution in [0.25, 0.3) is 0 Å². The minimum atomic E-state index is -0.918. The molecule has 0 saturated carbocycles. The lowest BCUT2D eigenvalue weighted by molar-refractivity contribution is 0.210.